The first-order valence-electron chi connectivity index (χ1n) is 14.4. The molecule has 0 aliphatic rings. The Hall–Kier alpha value is -5.29. The van der Waals surface area contributed by atoms with E-state index in [2.05, 4.69) is 5.10 Å². The van der Waals surface area contributed by atoms with Gasteiger partial charge in [0.05, 0.1) is 41.9 Å². The van der Waals surface area contributed by atoms with Crippen LogP contribution in [-0.2, 0) is 14.8 Å². The summed E-state index contributed by atoms with van der Waals surface area (Å²) < 4.78 is 59.2. The fourth-order valence-electron chi connectivity index (χ4n) is 5.40. The monoisotopic (exact) mass is 639 g/mol. The number of carbonyl (C=O) groups excluding carboxylic acids is 1. The van der Waals surface area contributed by atoms with E-state index in [-0.39, 0.29) is 33.8 Å². The van der Waals surface area contributed by atoms with Gasteiger partial charge in [-0.25, -0.2) is 14.2 Å². The number of esters is 1. The van der Waals surface area contributed by atoms with Crippen LogP contribution >= 0.6 is 0 Å². The molecule has 0 amide bonds. The summed E-state index contributed by atoms with van der Waals surface area (Å²) in [5, 5.41) is 5.55. The normalized spacial score (nSPS) is 11.7. The minimum Gasteiger partial charge on any atom is -0.493 e. The van der Waals surface area contributed by atoms with Crippen LogP contribution in [0, 0.1) is 12.7 Å². The molecule has 234 valence electrons. The summed E-state index contributed by atoms with van der Waals surface area (Å²) in [6.45, 7) is 5.86. The molecule has 0 spiro atoms. The molecule has 0 saturated heterocycles. The molecule has 2 aromatic heterocycles. The summed E-state index contributed by atoms with van der Waals surface area (Å²) in [5.41, 5.74) is 4.16. The number of rotatable bonds is 8. The highest BCUT2D eigenvalue weighted by molar-refractivity contribution is 7.90. The van der Waals surface area contributed by atoms with E-state index < -0.39 is 16.0 Å². The van der Waals surface area contributed by atoms with Crippen LogP contribution < -0.4 is 9.47 Å². The van der Waals surface area contributed by atoms with Gasteiger partial charge < -0.3 is 14.2 Å². The van der Waals surface area contributed by atoms with Crippen molar-refractivity contribution in [1.82, 2.24) is 14.2 Å². The number of halogens is 1. The highest BCUT2D eigenvalue weighted by Gasteiger charge is 2.25. The van der Waals surface area contributed by atoms with Crippen LogP contribution in [0.5, 0.6) is 17.4 Å². The quantitative estimate of drug-likeness (QED) is 0.156. The summed E-state index contributed by atoms with van der Waals surface area (Å²) in [6.07, 6.45) is 1.50. The topological polar surface area (TPSA) is 110 Å². The molecule has 46 heavy (non-hydrogen) atoms. The summed E-state index contributed by atoms with van der Waals surface area (Å²) in [7, 11) is -1.28. The maximum absolute atomic E-state index is 14.1. The van der Waals surface area contributed by atoms with E-state index in [0.717, 1.165) is 26.3 Å². The number of hydrogen-bond acceptors (Lipinski definition) is 8. The van der Waals surface area contributed by atoms with Crippen molar-refractivity contribution in [3.63, 3.8) is 0 Å². The van der Waals surface area contributed by atoms with Gasteiger partial charge in [-0.2, -0.15) is 17.6 Å². The van der Waals surface area contributed by atoms with Crippen LogP contribution in [0.3, 0.4) is 0 Å². The van der Waals surface area contributed by atoms with Gasteiger partial charge in [0.1, 0.15) is 5.82 Å². The van der Waals surface area contributed by atoms with Gasteiger partial charge in [-0.15, -0.1) is 0 Å². The van der Waals surface area contributed by atoms with Gasteiger partial charge in [-0.1, -0.05) is 43.7 Å². The molecule has 0 unspecified atom stereocenters. The van der Waals surface area contributed by atoms with E-state index in [9.17, 15) is 17.6 Å². The zero-order valence-electron chi connectivity index (χ0n) is 25.7. The summed E-state index contributed by atoms with van der Waals surface area (Å²) in [6, 6.07) is 20.8. The smallest absolute Gasteiger partial charge is 0.337 e. The Morgan fingerprint density at radius 3 is 2.28 bits per heavy atom. The molecule has 0 saturated carbocycles. The van der Waals surface area contributed by atoms with Crippen molar-refractivity contribution >= 4 is 37.8 Å². The van der Waals surface area contributed by atoms with E-state index >= 15 is 0 Å². The van der Waals surface area contributed by atoms with Crippen molar-refractivity contribution in [2.24, 2.45) is 0 Å². The second kappa shape index (κ2) is 11.9. The number of benzene rings is 4. The van der Waals surface area contributed by atoms with E-state index in [1.807, 2.05) is 26.8 Å². The predicted molar refractivity (Wildman–Crippen MR) is 173 cm³/mol. The van der Waals surface area contributed by atoms with Crippen molar-refractivity contribution in [3.05, 3.63) is 108 Å². The molecule has 4 aromatic carbocycles. The standard InChI is InChI=1S/C35H30FN3O6S/c1-20(2)32-33(22-8-11-25(36)12-9-22)27-16-24-19-37-39(46(41,42)26-13-6-21(3)7-14-26)29(24)18-28(27)38-34(32)45-30-15-10-23(35(40)44-5)17-31(30)43-4/h6-20H,1-5H3. The van der Waals surface area contributed by atoms with Gasteiger partial charge in [-0.05, 0) is 78.6 Å². The Kier molecular flexibility index (Phi) is 7.95. The zero-order chi connectivity index (χ0) is 32.7. The van der Waals surface area contributed by atoms with Gasteiger partial charge in [0.25, 0.3) is 10.0 Å². The summed E-state index contributed by atoms with van der Waals surface area (Å²) >= 11 is 0. The lowest BCUT2D eigenvalue weighted by Crippen LogP contribution is -2.14. The Morgan fingerprint density at radius 1 is 0.913 bits per heavy atom. The van der Waals surface area contributed by atoms with Crippen molar-refractivity contribution < 1.29 is 31.8 Å². The largest absolute Gasteiger partial charge is 0.493 e. The molecule has 2 heterocycles. The number of aryl methyl sites for hydroxylation is 1. The maximum Gasteiger partial charge on any atom is 0.337 e. The van der Waals surface area contributed by atoms with Gasteiger partial charge >= 0.3 is 5.97 Å². The third kappa shape index (κ3) is 5.43. The van der Waals surface area contributed by atoms with E-state index in [0.29, 0.717) is 27.6 Å². The summed E-state index contributed by atoms with van der Waals surface area (Å²) in [5.74, 6) is -0.227. The summed E-state index contributed by atoms with van der Waals surface area (Å²) in [4.78, 5) is 17.2. The Bertz CT molecular complexity index is 2230. The fourth-order valence-corrected chi connectivity index (χ4v) is 6.67. The molecule has 0 fully saturated rings. The van der Waals surface area contributed by atoms with Crippen LogP contribution in [0.2, 0.25) is 0 Å². The van der Waals surface area contributed by atoms with Crippen LogP contribution in [-0.4, -0.2) is 42.8 Å². The van der Waals surface area contributed by atoms with Crippen molar-refractivity contribution in [1.29, 1.82) is 0 Å². The molecule has 0 radical (unpaired) electrons. The van der Waals surface area contributed by atoms with Gasteiger partial charge in [0, 0.05) is 16.3 Å². The molecule has 0 atom stereocenters. The van der Waals surface area contributed by atoms with Crippen molar-refractivity contribution in [2.45, 2.75) is 31.6 Å². The van der Waals surface area contributed by atoms with Crippen molar-refractivity contribution in [3.8, 4) is 28.5 Å². The molecular weight excluding hydrogens is 609 g/mol. The van der Waals surface area contributed by atoms with Gasteiger partial charge in [0.2, 0.25) is 5.88 Å². The van der Waals surface area contributed by atoms with E-state index in [1.54, 1.807) is 54.6 Å². The Balaban J connectivity index is 1.62. The molecule has 6 rings (SSSR count). The van der Waals surface area contributed by atoms with E-state index in [4.69, 9.17) is 19.2 Å². The first kappa shape index (κ1) is 30.7. The molecular formula is C35H30FN3O6S. The second-order valence-corrected chi connectivity index (χ2v) is 12.8. The van der Waals surface area contributed by atoms with Crippen LogP contribution in [0.1, 0.15) is 41.3 Å². The number of pyridine rings is 1. The molecule has 9 nitrogen and oxygen atoms in total. The number of methoxy groups -OCH3 is 2. The zero-order valence-corrected chi connectivity index (χ0v) is 26.6. The molecule has 0 aliphatic carbocycles. The number of nitrogens with zero attached hydrogens (tertiary/aromatic N) is 3. The highest BCUT2D eigenvalue weighted by Crippen LogP contribution is 2.44. The molecule has 0 aliphatic heterocycles. The lowest BCUT2D eigenvalue weighted by Gasteiger charge is -2.21. The SMILES string of the molecule is COC(=O)c1ccc(Oc2nc3cc4c(cnn4S(=O)(=O)c4ccc(C)cc4)cc3c(-c3ccc(F)cc3)c2C(C)C)c(OC)c1. The third-order valence-electron chi connectivity index (χ3n) is 7.69. The number of ether oxygens (including phenoxy) is 3. The van der Waals surface area contributed by atoms with Gasteiger partial charge in [0.15, 0.2) is 11.5 Å². The van der Waals surface area contributed by atoms with Crippen LogP contribution in [0.15, 0.2) is 90.0 Å². The number of fused-ring (bicyclic) bond motifs is 2. The van der Waals surface area contributed by atoms with E-state index in [1.165, 1.54) is 38.6 Å². The Morgan fingerprint density at radius 2 is 1.63 bits per heavy atom. The van der Waals surface area contributed by atoms with Crippen LogP contribution in [0.4, 0.5) is 4.39 Å². The number of aromatic nitrogens is 3. The number of hydrogen-bond donors (Lipinski definition) is 0. The molecule has 0 N–H and O–H groups in total. The lowest BCUT2D eigenvalue weighted by molar-refractivity contribution is 0.0600. The lowest BCUT2D eigenvalue weighted by atomic mass is 9.90. The first-order valence-corrected chi connectivity index (χ1v) is 15.8. The molecule has 6 aromatic rings. The van der Waals surface area contributed by atoms with Crippen molar-refractivity contribution in [2.75, 3.05) is 14.2 Å². The second-order valence-electron chi connectivity index (χ2n) is 11.1. The third-order valence-corrected chi connectivity index (χ3v) is 9.31. The average molecular weight is 640 g/mol. The highest BCUT2D eigenvalue weighted by atomic mass is 32.2. The Labute approximate surface area is 265 Å². The first-order chi connectivity index (χ1) is 22.0. The molecule has 11 heteroatoms. The average Bonchev–Trinajstić information content (AvgIpc) is 3.47. The minimum atomic E-state index is -4.03. The predicted octanol–water partition coefficient (Wildman–Crippen LogP) is 7.65. The van der Waals surface area contributed by atoms with Crippen LogP contribution in [0.25, 0.3) is 32.9 Å². The maximum atomic E-state index is 14.1. The number of carbonyl (C=O) groups is 1. The molecule has 0 bridgehead atoms. The minimum absolute atomic E-state index is 0.102. The van der Waals surface area contributed by atoms with Gasteiger partial charge in [-0.3, -0.25) is 0 Å². The fraction of sp³-hybridized carbons (Fsp3) is 0.171.